The van der Waals surface area contributed by atoms with E-state index in [1.807, 2.05) is 24.3 Å². The van der Waals surface area contributed by atoms with Gasteiger partial charge in [0, 0.05) is 5.69 Å². The third-order valence-electron chi connectivity index (χ3n) is 3.83. The summed E-state index contributed by atoms with van der Waals surface area (Å²) in [5, 5.41) is 13.2. The summed E-state index contributed by atoms with van der Waals surface area (Å²) in [6.45, 7) is 0. The molecule has 0 unspecified atom stereocenters. The number of hydrogen-bond acceptors (Lipinski definition) is 3. The van der Waals surface area contributed by atoms with E-state index in [0.29, 0.717) is 11.6 Å². The summed E-state index contributed by atoms with van der Waals surface area (Å²) in [7, 11) is 0. The molecule has 0 radical (unpaired) electrons. The van der Waals surface area contributed by atoms with Gasteiger partial charge in [-0.1, -0.05) is 43.9 Å². The molecule has 1 fully saturated rings. The van der Waals surface area contributed by atoms with E-state index >= 15 is 0 Å². The quantitative estimate of drug-likeness (QED) is 0.630. The Morgan fingerprint density at radius 1 is 1.14 bits per heavy atom. The van der Waals surface area contributed by atoms with Crippen molar-refractivity contribution in [1.82, 2.24) is 0 Å². The van der Waals surface area contributed by atoms with Crippen LogP contribution in [0.25, 0.3) is 0 Å². The fourth-order valence-corrected chi connectivity index (χ4v) is 3.09. The van der Waals surface area contributed by atoms with Crippen LogP contribution in [0.2, 0.25) is 0 Å². The van der Waals surface area contributed by atoms with Crippen LogP contribution < -0.4 is 5.32 Å². The van der Waals surface area contributed by atoms with Crippen LogP contribution in [-0.4, -0.2) is 17.5 Å². The van der Waals surface area contributed by atoms with Crippen LogP contribution in [0.3, 0.4) is 0 Å². The molecule has 0 heterocycles. The highest BCUT2D eigenvalue weighted by Crippen LogP contribution is 2.21. The zero-order valence-electron chi connectivity index (χ0n) is 12.6. The van der Waals surface area contributed by atoms with E-state index in [1.165, 1.54) is 44.9 Å². The number of anilines is 1. The van der Waals surface area contributed by atoms with E-state index in [2.05, 4.69) is 17.6 Å². The molecule has 1 aliphatic rings. The molecular weight excluding hydrogens is 278 g/mol. The second-order valence-electron chi connectivity index (χ2n) is 5.45. The number of amidine groups is 1. The summed E-state index contributed by atoms with van der Waals surface area (Å²) in [5.74, 6) is 0. The minimum Gasteiger partial charge on any atom is -0.335 e. The molecular formula is C17H23N3S. The highest BCUT2D eigenvalue weighted by atomic mass is 32.2. The van der Waals surface area contributed by atoms with Crippen LogP contribution in [-0.2, 0) is 0 Å². The normalized spacial score (nSPS) is 17.6. The predicted molar refractivity (Wildman–Crippen MR) is 91.8 cm³/mol. The molecule has 0 saturated heterocycles. The van der Waals surface area contributed by atoms with Gasteiger partial charge in [-0.2, -0.15) is 5.26 Å². The first-order valence-corrected chi connectivity index (χ1v) is 8.93. The lowest BCUT2D eigenvalue weighted by Crippen LogP contribution is -2.14. The summed E-state index contributed by atoms with van der Waals surface area (Å²) in [4.78, 5) is 4.90. The van der Waals surface area contributed by atoms with E-state index in [0.717, 1.165) is 10.9 Å². The van der Waals surface area contributed by atoms with Crippen LogP contribution >= 0.6 is 11.8 Å². The zero-order chi connectivity index (χ0) is 14.9. The molecule has 1 aromatic carbocycles. The van der Waals surface area contributed by atoms with Gasteiger partial charge in [-0.3, -0.25) is 4.99 Å². The van der Waals surface area contributed by atoms with Crippen molar-refractivity contribution in [2.24, 2.45) is 4.99 Å². The number of nitrogens with zero attached hydrogens (tertiary/aromatic N) is 2. The zero-order valence-corrected chi connectivity index (χ0v) is 13.5. The van der Waals surface area contributed by atoms with Gasteiger partial charge in [0.05, 0.1) is 17.7 Å². The van der Waals surface area contributed by atoms with Crippen molar-refractivity contribution < 1.29 is 0 Å². The maximum Gasteiger partial charge on any atom is 0.161 e. The van der Waals surface area contributed by atoms with E-state index in [-0.39, 0.29) is 0 Å². The molecule has 3 nitrogen and oxygen atoms in total. The largest absolute Gasteiger partial charge is 0.335 e. The second kappa shape index (κ2) is 8.74. The Morgan fingerprint density at radius 3 is 2.33 bits per heavy atom. The smallest absolute Gasteiger partial charge is 0.161 e. The Kier molecular flexibility index (Phi) is 6.62. The lowest BCUT2D eigenvalue weighted by molar-refractivity contribution is 0.456. The molecule has 2 rings (SSSR count). The molecule has 21 heavy (non-hydrogen) atoms. The van der Waals surface area contributed by atoms with Crippen molar-refractivity contribution in [2.75, 3.05) is 11.6 Å². The van der Waals surface area contributed by atoms with E-state index in [4.69, 9.17) is 10.3 Å². The van der Waals surface area contributed by atoms with E-state index < -0.39 is 0 Å². The summed E-state index contributed by atoms with van der Waals surface area (Å²) < 4.78 is 0. The number of nitrogens with one attached hydrogen (secondary N) is 1. The molecule has 0 bridgehead atoms. The number of hydrogen-bond donors (Lipinski definition) is 1. The topological polar surface area (TPSA) is 48.2 Å². The van der Waals surface area contributed by atoms with Gasteiger partial charge in [-0.05, 0) is 43.4 Å². The minimum atomic E-state index is 0.457. The molecule has 1 aliphatic carbocycles. The molecule has 112 valence electrons. The summed E-state index contributed by atoms with van der Waals surface area (Å²) in [5.41, 5.74) is 1.68. The third-order valence-corrected chi connectivity index (χ3v) is 4.43. The van der Waals surface area contributed by atoms with Gasteiger partial charge in [-0.25, -0.2) is 0 Å². The van der Waals surface area contributed by atoms with E-state index in [1.54, 1.807) is 11.8 Å². The molecule has 0 atom stereocenters. The van der Waals surface area contributed by atoms with Crippen molar-refractivity contribution in [2.45, 2.75) is 51.0 Å². The van der Waals surface area contributed by atoms with Gasteiger partial charge in [0.1, 0.15) is 0 Å². The van der Waals surface area contributed by atoms with Crippen molar-refractivity contribution >= 4 is 22.6 Å². The molecule has 0 amide bonds. The SMILES string of the molecule is CSC(=NC1CCCCCCC1)Nc1ccc(C#N)cc1. The molecule has 1 saturated carbocycles. The summed E-state index contributed by atoms with van der Waals surface area (Å²) in [6, 6.07) is 10.1. The van der Waals surface area contributed by atoms with Crippen molar-refractivity contribution in [1.29, 1.82) is 5.26 Å². The fourth-order valence-electron chi connectivity index (χ4n) is 2.62. The average molecular weight is 301 g/mol. The molecule has 1 N–H and O–H groups in total. The monoisotopic (exact) mass is 301 g/mol. The molecule has 0 spiro atoms. The number of rotatable bonds is 2. The predicted octanol–water partition coefficient (Wildman–Crippen LogP) is 4.80. The first-order valence-electron chi connectivity index (χ1n) is 7.71. The number of thioether (sulfide) groups is 1. The fraction of sp³-hybridized carbons (Fsp3) is 0.529. The van der Waals surface area contributed by atoms with Gasteiger partial charge in [0.25, 0.3) is 0 Å². The minimum absolute atomic E-state index is 0.457. The average Bonchev–Trinajstić information content (AvgIpc) is 2.49. The van der Waals surface area contributed by atoms with Gasteiger partial charge in [0.15, 0.2) is 5.17 Å². The van der Waals surface area contributed by atoms with Crippen LogP contribution in [0, 0.1) is 11.3 Å². The van der Waals surface area contributed by atoms with Gasteiger partial charge >= 0.3 is 0 Å². The van der Waals surface area contributed by atoms with Crippen LogP contribution in [0.1, 0.15) is 50.5 Å². The van der Waals surface area contributed by atoms with Gasteiger partial charge in [-0.15, -0.1) is 0 Å². The Balaban J connectivity index is 1.99. The standard InChI is InChI=1S/C17H23N3S/c1-21-17(19-15-7-5-3-2-4-6-8-15)20-16-11-9-14(13-18)10-12-16/h9-12,15H,2-8H2,1H3,(H,19,20). The maximum atomic E-state index is 8.82. The number of benzene rings is 1. The van der Waals surface area contributed by atoms with Crippen molar-refractivity contribution in [3.8, 4) is 6.07 Å². The van der Waals surface area contributed by atoms with Gasteiger partial charge < -0.3 is 5.32 Å². The Hall–Kier alpha value is -1.47. The second-order valence-corrected chi connectivity index (χ2v) is 6.25. The van der Waals surface area contributed by atoms with Gasteiger partial charge in [0.2, 0.25) is 0 Å². The van der Waals surface area contributed by atoms with E-state index in [9.17, 15) is 0 Å². The summed E-state index contributed by atoms with van der Waals surface area (Å²) in [6.07, 6.45) is 11.2. The van der Waals surface area contributed by atoms with Crippen molar-refractivity contribution in [3.05, 3.63) is 29.8 Å². The Morgan fingerprint density at radius 2 is 1.76 bits per heavy atom. The molecule has 0 aliphatic heterocycles. The Bertz CT molecular complexity index is 494. The third kappa shape index (κ3) is 5.43. The van der Waals surface area contributed by atoms with Crippen LogP contribution in [0.4, 0.5) is 5.69 Å². The first kappa shape index (κ1) is 15.9. The molecule has 1 aromatic rings. The van der Waals surface area contributed by atoms with Crippen molar-refractivity contribution in [3.63, 3.8) is 0 Å². The Labute approximate surface area is 131 Å². The summed E-state index contributed by atoms with van der Waals surface area (Å²) >= 11 is 1.65. The molecule has 0 aromatic heterocycles. The van der Waals surface area contributed by atoms with Crippen LogP contribution in [0.15, 0.2) is 29.3 Å². The lowest BCUT2D eigenvalue weighted by Gasteiger charge is -2.17. The number of aliphatic imine (C=N–C) groups is 1. The lowest BCUT2D eigenvalue weighted by atomic mass is 9.97. The molecule has 4 heteroatoms. The van der Waals surface area contributed by atoms with Crippen LogP contribution in [0.5, 0.6) is 0 Å². The highest BCUT2D eigenvalue weighted by Gasteiger charge is 2.11. The number of nitriles is 1. The highest BCUT2D eigenvalue weighted by molar-refractivity contribution is 8.13. The maximum absolute atomic E-state index is 8.82. The first-order chi connectivity index (χ1) is 10.3.